The molecule has 0 bridgehead atoms. The summed E-state index contributed by atoms with van der Waals surface area (Å²) in [6, 6.07) is 5.19. The zero-order valence-electron chi connectivity index (χ0n) is 13.9. The quantitative estimate of drug-likeness (QED) is 0.809. The number of ether oxygens (including phenoxy) is 1. The lowest BCUT2D eigenvalue weighted by Crippen LogP contribution is -2.36. The van der Waals surface area contributed by atoms with Crippen LogP contribution in [0.15, 0.2) is 36.4 Å². The van der Waals surface area contributed by atoms with Crippen molar-refractivity contribution in [1.29, 1.82) is 0 Å². The molecule has 144 valence electrons. The Hall–Kier alpha value is -2.68. The molecule has 0 saturated carbocycles. The van der Waals surface area contributed by atoms with E-state index in [-0.39, 0.29) is 11.3 Å². The van der Waals surface area contributed by atoms with E-state index in [2.05, 4.69) is 5.32 Å². The second-order valence-electron chi connectivity index (χ2n) is 5.94. The van der Waals surface area contributed by atoms with Gasteiger partial charge in [0.15, 0.2) is 0 Å². The van der Waals surface area contributed by atoms with Gasteiger partial charge in [-0.05, 0) is 30.3 Å². The molecule has 1 aliphatic rings. The summed E-state index contributed by atoms with van der Waals surface area (Å²) in [4.78, 5) is 14.1. The lowest BCUT2D eigenvalue weighted by Gasteiger charge is -2.31. The van der Waals surface area contributed by atoms with Gasteiger partial charge in [-0.2, -0.15) is 13.2 Å². The van der Waals surface area contributed by atoms with Crippen molar-refractivity contribution in [1.82, 2.24) is 0 Å². The van der Waals surface area contributed by atoms with E-state index in [4.69, 9.17) is 4.74 Å². The highest BCUT2D eigenvalue weighted by molar-refractivity contribution is 6.06. The fourth-order valence-corrected chi connectivity index (χ4v) is 2.77. The monoisotopic (exact) mass is 386 g/mol. The summed E-state index contributed by atoms with van der Waals surface area (Å²) in [5, 5.41) is 2.34. The molecule has 1 saturated heterocycles. The van der Waals surface area contributed by atoms with Crippen molar-refractivity contribution < 1.29 is 31.5 Å². The molecule has 0 aromatic heterocycles. The van der Waals surface area contributed by atoms with E-state index in [1.54, 1.807) is 4.90 Å². The van der Waals surface area contributed by atoms with E-state index in [0.29, 0.717) is 38.1 Å². The Balaban J connectivity index is 1.96. The van der Waals surface area contributed by atoms with E-state index in [1.807, 2.05) is 0 Å². The number of nitrogens with one attached hydrogen (secondary N) is 1. The minimum atomic E-state index is -4.60. The van der Waals surface area contributed by atoms with Gasteiger partial charge in [-0.3, -0.25) is 4.79 Å². The van der Waals surface area contributed by atoms with Gasteiger partial charge in [0.05, 0.1) is 30.2 Å². The van der Waals surface area contributed by atoms with Crippen molar-refractivity contribution in [3.05, 3.63) is 59.2 Å². The zero-order chi connectivity index (χ0) is 19.6. The molecule has 27 heavy (non-hydrogen) atoms. The minimum absolute atomic E-state index is 0.0959. The van der Waals surface area contributed by atoms with E-state index < -0.39 is 29.3 Å². The van der Waals surface area contributed by atoms with E-state index >= 15 is 0 Å². The first kappa shape index (κ1) is 19.1. The molecule has 2 aromatic rings. The number of benzene rings is 2. The number of carbonyl (C=O) groups excluding carboxylic acids is 1. The van der Waals surface area contributed by atoms with Gasteiger partial charge in [-0.1, -0.05) is 0 Å². The summed E-state index contributed by atoms with van der Waals surface area (Å²) in [6.07, 6.45) is -4.60. The average molecular weight is 386 g/mol. The van der Waals surface area contributed by atoms with Gasteiger partial charge >= 0.3 is 6.18 Å². The Labute approximate surface area is 151 Å². The topological polar surface area (TPSA) is 41.6 Å². The smallest absolute Gasteiger partial charge is 0.378 e. The van der Waals surface area contributed by atoms with Gasteiger partial charge in [0.25, 0.3) is 5.91 Å². The van der Waals surface area contributed by atoms with Crippen LogP contribution in [-0.2, 0) is 10.9 Å². The number of anilines is 2. The molecule has 9 heteroatoms. The largest absolute Gasteiger partial charge is 0.416 e. The second kappa shape index (κ2) is 7.51. The molecular formula is C18H15F5N2O2. The summed E-state index contributed by atoms with van der Waals surface area (Å²) in [5.74, 6) is -2.84. The van der Waals surface area contributed by atoms with Crippen molar-refractivity contribution in [2.75, 3.05) is 36.5 Å². The fourth-order valence-electron chi connectivity index (χ4n) is 2.77. The first-order chi connectivity index (χ1) is 12.7. The third-order valence-electron chi connectivity index (χ3n) is 4.05. The highest BCUT2D eigenvalue weighted by Gasteiger charge is 2.32. The maximum Gasteiger partial charge on any atom is 0.416 e. The Morgan fingerprint density at radius 2 is 1.63 bits per heavy atom. The first-order valence-electron chi connectivity index (χ1n) is 8.05. The van der Waals surface area contributed by atoms with Gasteiger partial charge in [0.1, 0.15) is 11.6 Å². The van der Waals surface area contributed by atoms with Crippen LogP contribution in [0.25, 0.3) is 0 Å². The third-order valence-corrected chi connectivity index (χ3v) is 4.05. The number of alkyl halides is 3. The Bertz CT molecular complexity index is 828. The van der Waals surface area contributed by atoms with Crippen LogP contribution in [0, 0.1) is 11.6 Å². The zero-order valence-corrected chi connectivity index (χ0v) is 13.9. The number of amides is 1. The molecule has 1 N–H and O–H groups in total. The van der Waals surface area contributed by atoms with Crippen molar-refractivity contribution in [2.45, 2.75) is 6.18 Å². The molecular weight excluding hydrogens is 371 g/mol. The van der Waals surface area contributed by atoms with Crippen LogP contribution in [0.4, 0.5) is 33.3 Å². The maximum absolute atomic E-state index is 13.3. The van der Waals surface area contributed by atoms with Crippen LogP contribution in [0.5, 0.6) is 0 Å². The van der Waals surface area contributed by atoms with Crippen molar-refractivity contribution in [2.24, 2.45) is 0 Å². The van der Waals surface area contributed by atoms with Gasteiger partial charge in [0, 0.05) is 24.7 Å². The van der Waals surface area contributed by atoms with E-state index in [0.717, 1.165) is 24.3 Å². The standard InChI is InChI=1S/C18H15F5N2O2/c19-13-7-11(8-14(20)10-13)17(26)24-15-9-12(18(21,22)23)1-2-16(15)25-3-5-27-6-4-25/h1-2,7-10H,3-6H2,(H,24,26). The normalized spacial score (nSPS) is 14.9. The maximum atomic E-state index is 13.3. The molecule has 1 aliphatic heterocycles. The third kappa shape index (κ3) is 4.54. The van der Waals surface area contributed by atoms with Gasteiger partial charge in [-0.15, -0.1) is 0 Å². The Morgan fingerprint density at radius 3 is 2.22 bits per heavy atom. The number of hydrogen-bond donors (Lipinski definition) is 1. The van der Waals surface area contributed by atoms with Crippen molar-refractivity contribution in [3.63, 3.8) is 0 Å². The van der Waals surface area contributed by atoms with E-state index in [1.165, 1.54) is 6.07 Å². The van der Waals surface area contributed by atoms with E-state index in [9.17, 15) is 26.7 Å². The molecule has 1 fully saturated rings. The highest BCUT2D eigenvalue weighted by atomic mass is 19.4. The molecule has 4 nitrogen and oxygen atoms in total. The molecule has 0 aliphatic carbocycles. The second-order valence-corrected chi connectivity index (χ2v) is 5.94. The van der Waals surface area contributed by atoms with Gasteiger partial charge in [0.2, 0.25) is 0 Å². The predicted molar refractivity (Wildman–Crippen MR) is 88.8 cm³/mol. The van der Waals surface area contributed by atoms with Crippen LogP contribution in [-0.4, -0.2) is 32.2 Å². The number of rotatable bonds is 3. The van der Waals surface area contributed by atoms with Gasteiger partial charge in [-0.25, -0.2) is 8.78 Å². The minimum Gasteiger partial charge on any atom is -0.378 e. The van der Waals surface area contributed by atoms with Gasteiger partial charge < -0.3 is 15.0 Å². The Morgan fingerprint density at radius 1 is 1.00 bits per heavy atom. The molecule has 1 heterocycles. The van der Waals surface area contributed by atoms with Crippen molar-refractivity contribution >= 4 is 17.3 Å². The summed E-state index contributed by atoms with van der Waals surface area (Å²) < 4.78 is 71.1. The summed E-state index contributed by atoms with van der Waals surface area (Å²) >= 11 is 0. The first-order valence-corrected chi connectivity index (χ1v) is 8.05. The molecule has 0 spiro atoms. The van der Waals surface area contributed by atoms with Crippen LogP contribution in [0.3, 0.4) is 0 Å². The van der Waals surface area contributed by atoms with Crippen LogP contribution in [0.2, 0.25) is 0 Å². The number of halogens is 5. The molecule has 0 unspecified atom stereocenters. The average Bonchev–Trinajstić information content (AvgIpc) is 2.61. The molecule has 2 aromatic carbocycles. The van der Waals surface area contributed by atoms with Crippen molar-refractivity contribution in [3.8, 4) is 0 Å². The molecule has 3 rings (SSSR count). The Kier molecular flexibility index (Phi) is 5.31. The van der Waals surface area contributed by atoms with Crippen LogP contribution >= 0.6 is 0 Å². The predicted octanol–water partition coefficient (Wildman–Crippen LogP) is 4.07. The molecule has 0 radical (unpaired) electrons. The lowest BCUT2D eigenvalue weighted by molar-refractivity contribution is -0.137. The number of hydrogen-bond acceptors (Lipinski definition) is 3. The number of carbonyl (C=O) groups is 1. The fraction of sp³-hybridized carbons (Fsp3) is 0.278. The SMILES string of the molecule is O=C(Nc1cc(C(F)(F)F)ccc1N1CCOCC1)c1cc(F)cc(F)c1. The lowest BCUT2D eigenvalue weighted by atomic mass is 10.1. The van der Waals surface area contributed by atoms with Crippen LogP contribution in [0.1, 0.15) is 15.9 Å². The molecule has 0 atom stereocenters. The highest BCUT2D eigenvalue weighted by Crippen LogP contribution is 2.36. The summed E-state index contributed by atoms with van der Waals surface area (Å²) in [5.41, 5.74) is -1.00. The molecule has 1 amide bonds. The number of nitrogens with zero attached hydrogens (tertiary/aromatic N) is 1. The van der Waals surface area contributed by atoms with Crippen LogP contribution < -0.4 is 10.2 Å². The number of morpholine rings is 1. The summed E-state index contributed by atoms with van der Waals surface area (Å²) in [6.45, 7) is 1.65. The summed E-state index contributed by atoms with van der Waals surface area (Å²) in [7, 11) is 0.